The van der Waals surface area contributed by atoms with Crippen molar-refractivity contribution in [2.24, 2.45) is 5.73 Å². The summed E-state index contributed by atoms with van der Waals surface area (Å²) in [6.07, 6.45) is -0.706. The molecular weight excluding hydrogens is 675 g/mol. The number of hydrogen-bond acceptors (Lipinski definition) is 12. The highest BCUT2D eigenvalue weighted by molar-refractivity contribution is 6.34. The van der Waals surface area contributed by atoms with Crippen molar-refractivity contribution in [1.29, 1.82) is 5.26 Å². The molecule has 1 unspecified atom stereocenters. The van der Waals surface area contributed by atoms with Gasteiger partial charge in [-0.25, -0.2) is 14.8 Å². The molecule has 0 saturated carbocycles. The number of hydrogen-bond donors (Lipinski definition) is 4. The third kappa shape index (κ3) is 6.84. The van der Waals surface area contributed by atoms with Crippen molar-refractivity contribution >= 4 is 46.5 Å². The fourth-order valence-electron chi connectivity index (χ4n) is 5.60. The average molecular weight is 702 g/mol. The second-order valence-corrected chi connectivity index (χ2v) is 11.9. The van der Waals surface area contributed by atoms with Crippen molar-refractivity contribution in [2.75, 3.05) is 44.6 Å². The Labute approximate surface area is 279 Å². The van der Waals surface area contributed by atoms with Crippen LogP contribution in [0.4, 0.5) is 24.7 Å². The first-order valence-corrected chi connectivity index (χ1v) is 15.0. The smallest absolute Gasteiger partial charge is 0.435 e. The minimum Gasteiger partial charge on any atom is -0.437 e. The SMILES string of the molecule is N#CCn1cc(-c2cnc3c(Nc4ccc(C(=O)N5CCN(CC6(O)CNC6)C(OC(=O)C(N)=O)C5)c(Cl)c4)nccn23)c(C(F)(F)F)n1. The highest BCUT2D eigenvalue weighted by Crippen LogP contribution is 2.37. The van der Waals surface area contributed by atoms with Crippen molar-refractivity contribution in [3.05, 3.63) is 59.3 Å². The number of rotatable bonds is 8. The zero-order chi connectivity index (χ0) is 35.1. The van der Waals surface area contributed by atoms with Gasteiger partial charge < -0.3 is 31.1 Å². The number of fused-ring (bicyclic) bond motifs is 1. The van der Waals surface area contributed by atoms with Gasteiger partial charge in [-0.1, -0.05) is 11.6 Å². The molecule has 256 valence electrons. The molecule has 2 aliphatic heterocycles. The van der Waals surface area contributed by atoms with Gasteiger partial charge in [-0.2, -0.15) is 23.5 Å². The van der Waals surface area contributed by atoms with Gasteiger partial charge in [0, 0.05) is 57.0 Å². The Morgan fingerprint density at radius 1 is 1.24 bits per heavy atom. The van der Waals surface area contributed by atoms with E-state index in [9.17, 15) is 32.7 Å². The number of carbonyl (C=O) groups excluding carboxylic acids is 3. The van der Waals surface area contributed by atoms with E-state index in [0.717, 1.165) is 10.9 Å². The third-order valence-electron chi connectivity index (χ3n) is 8.01. The van der Waals surface area contributed by atoms with E-state index < -0.39 is 41.5 Å². The molecule has 0 aliphatic carbocycles. The summed E-state index contributed by atoms with van der Waals surface area (Å²) < 4.78 is 48.9. The van der Waals surface area contributed by atoms with Crippen LogP contribution < -0.4 is 16.4 Å². The van der Waals surface area contributed by atoms with Crippen LogP contribution >= 0.6 is 11.6 Å². The summed E-state index contributed by atoms with van der Waals surface area (Å²) in [5, 5.41) is 29.1. The van der Waals surface area contributed by atoms with Crippen molar-refractivity contribution in [1.82, 2.24) is 39.3 Å². The number of benzene rings is 1. The lowest BCUT2D eigenvalue weighted by Crippen LogP contribution is -2.68. The second kappa shape index (κ2) is 13.0. The van der Waals surface area contributed by atoms with Gasteiger partial charge in [0.2, 0.25) is 0 Å². The highest BCUT2D eigenvalue weighted by atomic mass is 35.5. The molecule has 2 saturated heterocycles. The number of esters is 1. The number of carbonyl (C=O) groups is 3. The van der Waals surface area contributed by atoms with Crippen molar-refractivity contribution in [3.63, 3.8) is 0 Å². The van der Waals surface area contributed by atoms with Gasteiger partial charge in [-0.05, 0) is 18.2 Å². The summed E-state index contributed by atoms with van der Waals surface area (Å²) in [4.78, 5) is 48.6. The lowest BCUT2D eigenvalue weighted by atomic mass is 9.96. The van der Waals surface area contributed by atoms with Gasteiger partial charge in [0.05, 0.1) is 40.7 Å². The van der Waals surface area contributed by atoms with E-state index in [-0.39, 0.29) is 66.0 Å². The summed E-state index contributed by atoms with van der Waals surface area (Å²) in [5.74, 6) is -2.90. The molecule has 2 fully saturated rings. The number of primary amides is 1. The molecule has 2 aliphatic rings. The number of anilines is 2. The first-order valence-electron chi connectivity index (χ1n) is 14.6. The second-order valence-electron chi connectivity index (χ2n) is 11.5. The van der Waals surface area contributed by atoms with Crippen LogP contribution in [0.5, 0.6) is 0 Å². The predicted octanol–water partition coefficient (Wildman–Crippen LogP) is 0.979. The Hall–Kier alpha value is -5.29. The molecule has 2 amide bonds. The van der Waals surface area contributed by atoms with Gasteiger partial charge >= 0.3 is 18.1 Å². The number of nitrogens with one attached hydrogen (secondary N) is 2. The molecule has 16 nitrogen and oxygen atoms in total. The Bertz CT molecular complexity index is 1990. The number of β-amino-alcohol motifs (C(OH)–C–C–N with tert-alkyl or cyclic N) is 1. The molecule has 0 radical (unpaired) electrons. The number of amides is 2. The number of halogens is 4. The molecule has 49 heavy (non-hydrogen) atoms. The quantitative estimate of drug-likeness (QED) is 0.150. The Morgan fingerprint density at radius 3 is 2.67 bits per heavy atom. The van der Waals surface area contributed by atoms with Crippen LogP contribution in [0.25, 0.3) is 16.9 Å². The number of nitrogens with two attached hydrogens (primary N) is 1. The number of nitrogens with zero attached hydrogens (tertiary/aromatic N) is 8. The van der Waals surface area contributed by atoms with Gasteiger partial charge in [0.25, 0.3) is 5.91 Å². The molecular formula is C29H27ClF3N11O5. The van der Waals surface area contributed by atoms with Crippen LogP contribution in [-0.2, 0) is 27.0 Å². The summed E-state index contributed by atoms with van der Waals surface area (Å²) in [5.41, 5.74) is 3.30. The summed E-state index contributed by atoms with van der Waals surface area (Å²) in [6, 6.07) is 6.23. The molecule has 1 atom stereocenters. The summed E-state index contributed by atoms with van der Waals surface area (Å²) >= 11 is 6.54. The molecule has 1 aromatic carbocycles. The molecule has 6 rings (SSSR count). The first-order chi connectivity index (χ1) is 23.3. The van der Waals surface area contributed by atoms with Gasteiger partial charge in [0.1, 0.15) is 12.1 Å². The number of aromatic nitrogens is 5. The van der Waals surface area contributed by atoms with Crippen molar-refractivity contribution < 1.29 is 37.4 Å². The van der Waals surface area contributed by atoms with E-state index in [0.29, 0.717) is 18.8 Å². The summed E-state index contributed by atoms with van der Waals surface area (Å²) in [6.45, 7) is 0.701. The Morgan fingerprint density at radius 2 is 2.02 bits per heavy atom. The van der Waals surface area contributed by atoms with Crippen molar-refractivity contribution in [2.45, 2.75) is 24.6 Å². The van der Waals surface area contributed by atoms with Crippen LogP contribution in [0.1, 0.15) is 16.1 Å². The number of aliphatic hydroxyl groups is 1. The van der Waals surface area contributed by atoms with Crippen LogP contribution in [0.15, 0.2) is 43.0 Å². The van der Waals surface area contributed by atoms with E-state index in [4.69, 9.17) is 27.3 Å². The van der Waals surface area contributed by atoms with Crippen LogP contribution in [0.2, 0.25) is 5.02 Å². The number of piperazine rings is 1. The monoisotopic (exact) mass is 701 g/mol. The molecule has 3 aromatic heterocycles. The maximum atomic E-state index is 13.8. The minimum atomic E-state index is -4.79. The maximum absolute atomic E-state index is 13.8. The third-order valence-corrected chi connectivity index (χ3v) is 8.32. The highest BCUT2D eigenvalue weighted by Gasteiger charge is 2.42. The van der Waals surface area contributed by atoms with E-state index >= 15 is 0 Å². The van der Waals surface area contributed by atoms with Gasteiger partial charge in [0.15, 0.2) is 23.4 Å². The number of ether oxygens (including phenoxy) is 1. The first kappa shape index (κ1) is 33.6. The Kier molecular flexibility index (Phi) is 8.89. The fraction of sp³-hybridized carbons (Fsp3) is 0.345. The zero-order valence-corrected chi connectivity index (χ0v) is 26.1. The lowest BCUT2D eigenvalue weighted by Gasteiger charge is -2.46. The van der Waals surface area contributed by atoms with E-state index in [1.165, 1.54) is 40.0 Å². The molecule has 0 spiro atoms. The fourth-order valence-corrected chi connectivity index (χ4v) is 5.86. The molecule has 0 bridgehead atoms. The van der Waals surface area contributed by atoms with Crippen molar-refractivity contribution in [3.8, 4) is 17.3 Å². The van der Waals surface area contributed by atoms with Gasteiger partial charge in [-0.15, -0.1) is 0 Å². The van der Waals surface area contributed by atoms with E-state index in [2.05, 4.69) is 25.7 Å². The standard InChI is InChI=1S/C29H27ClF3N11O5/c30-19-9-16(39-24-25-38-10-20(44(25)6-4-37-24)18-11-43(5-3-34)40-22(18)29(31,32)33)1-2-17(19)26(46)41-7-8-42(15-28(48)13-36-14-28)21(12-41)49-27(47)23(35)45/h1-2,4,6,9-11,21,36,48H,5,7-8,12-15H2,(H2,35,45)(H,37,39). The Balaban J connectivity index is 1.21. The predicted molar refractivity (Wildman–Crippen MR) is 164 cm³/mol. The van der Waals surface area contributed by atoms with Crippen LogP contribution in [-0.4, -0.2) is 108 Å². The minimum absolute atomic E-state index is 0.0497. The largest absolute Gasteiger partial charge is 0.437 e. The average Bonchev–Trinajstić information content (AvgIpc) is 3.66. The number of alkyl halides is 3. The summed E-state index contributed by atoms with van der Waals surface area (Å²) in [7, 11) is 0. The normalized spacial score (nSPS) is 17.7. The van der Waals surface area contributed by atoms with E-state index in [1.807, 2.05) is 0 Å². The molecule has 5 N–H and O–H groups in total. The van der Waals surface area contributed by atoms with Gasteiger partial charge in [-0.3, -0.25) is 23.6 Å². The molecule has 4 aromatic rings. The molecule has 5 heterocycles. The van der Waals surface area contributed by atoms with Crippen LogP contribution in [0, 0.1) is 11.3 Å². The number of imidazole rings is 1. The zero-order valence-electron chi connectivity index (χ0n) is 25.3. The maximum Gasteiger partial charge on any atom is 0.435 e. The van der Waals surface area contributed by atoms with Crippen LogP contribution in [0.3, 0.4) is 0 Å². The topological polar surface area (TPSA) is 209 Å². The lowest BCUT2D eigenvalue weighted by molar-refractivity contribution is -0.174. The van der Waals surface area contributed by atoms with E-state index in [1.54, 1.807) is 17.0 Å². The molecule has 20 heteroatoms. The number of nitriles is 1.